The van der Waals surface area contributed by atoms with Gasteiger partial charge >= 0.3 is 5.97 Å². The number of thioether (sulfide) groups is 1. The van der Waals surface area contributed by atoms with Crippen LogP contribution < -0.4 is 10.1 Å². The number of hydrogen-bond donors (Lipinski definition) is 2. The fraction of sp³-hybridized carbons (Fsp3) is 0.273. The number of carbonyl (C=O) groups is 3. The first-order valence-corrected chi connectivity index (χ1v) is 10.7. The molecule has 0 spiro atoms. The third-order valence-electron chi connectivity index (χ3n) is 4.52. The standard InChI is InChI=1S/C22H23N3O5S/c1-3-25-19(26)13-18(20(27)23-15-7-5-14(6-8-15)21(28)29)31-22(25)24-16-9-11-17(12-10-16)30-4-2/h5-12,18H,3-4,13H2,1-2H3,(H,23,27)(H,28,29)/t18-/m1/s1. The highest BCUT2D eigenvalue weighted by Gasteiger charge is 2.35. The topological polar surface area (TPSA) is 108 Å². The molecule has 1 fully saturated rings. The van der Waals surface area contributed by atoms with Crippen LogP contribution in [0.2, 0.25) is 0 Å². The van der Waals surface area contributed by atoms with Gasteiger partial charge in [-0.1, -0.05) is 11.8 Å². The Bertz CT molecular complexity index is 989. The van der Waals surface area contributed by atoms with Gasteiger partial charge in [-0.25, -0.2) is 9.79 Å². The highest BCUT2D eigenvalue weighted by molar-refractivity contribution is 8.15. The predicted octanol–water partition coefficient (Wildman–Crippen LogP) is 3.76. The molecule has 0 aliphatic carbocycles. The molecule has 0 radical (unpaired) electrons. The van der Waals surface area contributed by atoms with E-state index in [4.69, 9.17) is 9.84 Å². The van der Waals surface area contributed by atoms with Gasteiger partial charge in [0.05, 0.1) is 17.9 Å². The number of ether oxygens (including phenoxy) is 1. The number of rotatable bonds is 7. The number of amidine groups is 1. The number of aliphatic imine (C=N–C) groups is 1. The Balaban J connectivity index is 1.75. The minimum atomic E-state index is -1.04. The van der Waals surface area contributed by atoms with E-state index >= 15 is 0 Å². The molecule has 1 saturated heterocycles. The van der Waals surface area contributed by atoms with Gasteiger partial charge in [0.2, 0.25) is 11.8 Å². The van der Waals surface area contributed by atoms with Gasteiger partial charge in [-0.15, -0.1) is 0 Å². The summed E-state index contributed by atoms with van der Waals surface area (Å²) in [4.78, 5) is 42.5. The van der Waals surface area contributed by atoms with E-state index in [9.17, 15) is 14.4 Å². The maximum atomic E-state index is 12.8. The van der Waals surface area contributed by atoms with Crippen molar-refractivity contribution in [3.05, 3.63) is 54.1 Å². The minimum absolute atomic E-state index is 0.0554. The molecular weight excluding hydrogens is 418 g/mol. The van der Waals surface area contributed by atoms with E-state index in [-0.39, 0.29) is 23.8 Å². The predicted molar refractivity (Wildman–Crippen MR) is 120 cm³/mol. The smallest absolute Gasteiger partial charge is 0.335 e. The van der Waals surface area contributed by atoms with Crippen molar-refractivity contribution in [1.29, 1.82) is 0 Å². The molecule has 8 nitrogen and oxygen atoms in total. The third-order valence-corrected chi connectivity index (χ3v) is 5.71. The summed E-state index contributed by atoms with van der Waals surface area (Å²) in [6, 6.07) is 13.1. The number of anilines is 1. The van der Waals surface area contributed by atoms with Gasteiger partial charge < -0.3 is 15.2 Å². The van der Waals surface area contributed by atoms with Gasteiger partial charge in [-0.05, 0) is 62.4 Å². The fourth-order valence-corrected chi connectivity index (χ4v) is 4.13. The SMILES string of the molecule is CCOc1ccc(N=C2S[C@@H](C(=O)Nc3ccc(C(=O)O)cc3)CC(=O)N2CC)cc1. The van der Waals surface area contributed by atoms with Crippen molar-refractivity contribution < 1.29 is 24.2 Å². The number of amides is 2. The van der Waals surface area contributed by atoms with E-state index in [1.807, 2.05) is 13.8 Å². The first-order valence-electron chi connectivity index (χ1n) is 9.84. The molecule has 2 amide bonds. The second-order valence-electron chi connectivity index (χ2n) is 6.64. The third kappa shape index (κ3) is 5.64. The largest absolute Gasteiger partial charge is 0.494 e. The summed E-state index contributed by atoms with van der Waals surface area (Å²) < 4.78 is 5.43. The van der Waals surface area contributed by atoms with E-state index in [0.717, 1.165) is 5.75 Å². The monoisotopic (exact) mass is 441 g/mol. The van der Waals surface area contributed by atoms with Crippen LogP contribution >= 0.6 is 11.8 Å². The van der Waals surface area contributed by atoms with Crippen LogP contribution in [0.5, 0.6) is 5.75 Å². The molecule has 0 unspecified atom stereocenters. The molecule has 1 aliphatic rings. The van der Waals surface area contributed by atoms with Crippen molar-refractivity contribution >= 4 is 46.1 Å². The molecule has 2 aromatic rings. The summed E-state index contributed by atoms with van der Waals surface area (Å²) in [5, 5.41) is 11.5. The van der Waals surface area contributed by atoms with Gasteiger partial charge in [0, 0.05) is 18.7 Å². The lowest BCUT2D eigenvalue weighted by atomic mass is 10.2. The van der Waals surface area contributed by atoms with E-state index < -0.39 is 11.2 Å². The number of aromatic carboxylic acids is 1. The average molecular weight is 442 g/mol. The number of benzene rings is 2. The quantitative estimate of drug-likeness (QED) is 0.677. The van der Waals surface area contributed by atoms with Gasteiger partial charge in [0.25, 0.3) is 0 Å². The van der Waals surface area contributed by atoms with Crippen molar-refractivity contribution in [2.24, 2.45) is 4.99 Å². The van der Waals surface area contributed by atoms with Crippen LogP contribution in [0.15, 0.2) is 53.5 Å². The highest BCUT2D eigenvalue weighted by atomic mass is 32.2. The zero-order valence-corrected chi connectivity index (χ0v) is 18.0. The minimum Gasteiger partial charge on any atom is -0.494 e. The van der Waals surface area contributed by atoms with Crippen molar-refractivity contribution in [1.82, 2.24) is 4.90 Å². The van der Waals surface area contributed by atoms with Crippen LogP contribution in [-0.2, 0) is 9.59 Å². The summed E-state index contributed by atoms with van der Waals surface area (Å²) in [5.74, 6) is -0.817. The molecule has 2 aromatic carbocycles. The number of nitrogens with zero attached hydrogens (tertiary/aromatic N) is 2. The zero-order chi connectivity index (χ0) is 22.4. The lowest BCUT2D eigenvalue weighted by Crippen LogP contribution is -2.45. The lowest BCUT2D eigenvalue weighted by molar-refractivity contribution is -0.129. The normalized spacial score (nSPS) is 17.5. The molecule has 0 aromatic heterocycles. The lowest BCUT2D eigenvalue weighted by Gasteiger charge is -2.30. The first kappa shape index (κ1) is 22.4. The molecule has 0 bridgehead atoms. The molecule has 1 heterocycles. The molecule has 0 saturated carbocycles. The Morgan fingerprint density at radius 1 is 1.16 bits per heavy atom. The summed E-state index contributed by atoms with van der Waals surface area (Å²) in [6.45, 7) is 4.78. The van der Waals surface area contributed by atoms with Crippen LogP contribution in [0.25, 0.3) is 0 Å². The van der Waals surface area contributed by atoms with Gasteiger partial charge in [-0.3, -0.25) is 14.5 Å². The maximum absolute atomic E-state index is 12.8. The molecular formula is C22H23N3O5S. The molecule has 9 heteroatoms. The number of carboxylic acid groups (broad SMARTS) is 1. The van der Waals surface area contributed by atoms with Crippen molar-refractivity contribution in [3.63, 3.8) is 0 Å². The average Bonchev–Trinajstić information content (AvgIpc) is 2.75. The molecule has 31 heavy (non-hydrogen) atoms. The number of nitrogens with one attached hydrogen (secondary N) is 1. The van der Waals surface area contributed by atoms with E-state index in [1.165, 1.54) is 36.0 Å². The van der Waals surface area contributed by atoms with E-state index in [0.29, 0.717) is 29.7 Å². The van der Waals surface area contributed by atoms with Crippen LogP contribution in [0.4, 0.5) is 11.4 Å². The van der Waals surface area contributed by atoms with Crippen molar-refractivity contribution in [3.8, 4) is 5.75 Å². The Labute approximate surface area is 184 Å². The summed E-state index contributed by atoms with van der Waals surface area (Å²) in [5.41, 5.74) is 1.25. The summed E-state index contributed by atoms with van der Waals surface area (Å²) in [6.07, 6.45) is 0.0554. The Hall–Kier alpha value is -3.33. The summed E-state index contributed by atoms with van der Waals surface area (Å²) >= 11 is 1.23. The van der Waals surface area contributed by atoms with Gasteiger partial charge in [0.1, 0.15) is 11.0 Å². The number of hydrogen-bond acceptors (Lipinski definition) is 6. The van der Waals surface area contributed by atoms with Crippen LogP contribution in [-0.4, -0.2) is 51.4 Å². The van der Waals surface area contributed by atoms with E-state index in [2.05, 4.69) is 10.3 Å². The summed E-state index contributed by atoms with van der Waals surface area (Å²) in [7, 11) is 0. The maximum Gasteiger partial charge on any atom is 0.335 e. The number of carboxylic acids is 1. The molecule has 1 aliphatic heterocycles. The van der Waals surface area contributed by atoms with Gasteiger partial charge in [-0.2, -0.15) is 0 Å². The molecule has 2 N–H and O–H groups in total. The fourth-order valence-electron chi connectivity index (χ4n) is 2.97. The second kappa shape index (κ2) is 10.1. The molecule has 3 rings (SSSR count). The second-order valence-corrected chi connectivity index (χ2v) is 7.81. The van der Waals surface area contributed by atoms with Crippen molar-refractivity contribution in [2.45, 2.75) is 25.5 Å². The Kier molecular flexibility index (Phi) is 7.30. The van der Waals surface area contributed by atoms with Crippen LogP contribution in [0.3, 0.4) is 0 Å². The number of carbonyl (C=O) groups excluding carboxylic acids is 2. The molecule has 1 atom stereocenters. The Morgan fingerprint density at radius 3 is 2.42 bits per heavy atom. The van der Waals surface area contributed by atoms with Crippen molar-refractivity contribution in [2.75, 3.05) is 18.5 Å². The first-order chi connectivity index (χ1) is 14.9. The van der Waals surface area contributed by atoms with Crippen LogP contribution in [0, 0.1) is 0 Å². The van der Waals surface area contributed by atoms with Gasteiger partial charge in [0.15, 0.2) is 5.17 Å². The zero-order valence-electron chi connectivity index (χ0n) is 17.2. The van der Waals surface area contributed by atoms with E-state index in [1.54, 1.807) is 29.2 Å². The molecule has 162 valence electrons. The highest BCUT2D eigenvalue weighted by Crippen LogP contribution is 2.30. The van der Waals surface area contributed by atoms with Crippen LogP contribution in [0.1, 0.15) is 30.6 Å². The Morgan fingerprint density at radius 2 is 1.84 bits per heavy atom.